The van der Waals surface area contributed by atoms with E-state index in [4.69, 9.17) is 9.47 Å². The van der Waals surface area contributed by atoms with Gasteiger partial charge in [-0.1, -0.05) is 6.92 Å². The smallest absolute Gasteiger partial charge is 0.274 e. The Bertz CT molecular complexity index is 1030. The lowest BCUT2D eigenvalue weighted by molar-refractivity contribution is -0.114. The third-order valence-electron chi connectivity index (χ3n) is 5.81. The summed E-state index contributed by atoms with van der Waals surface area (Å²) in [5.41, 5.74) is 1.11. The van der Waals surface area contributed by atoms with Gasteiger partial charge in [0, 0.05) is 64.2 Å². The van der Waals surface area contributed by atoms with Crippen molar-refractivity contribution in [1.82, 2.24) is 19.8 Å². The molecule has 0 bridgehead atoms. The summed E-state index contributed by atoms with van der Waals surface area (Å²) in [6.07, 6.45) is 4.12. The van der Waals surface area contributed by atoms with Gasteiger partial charge in [0.15, 0.2) is 0 Å². The Morgan fingerprint density at radius 1 is 1.21 bits per heavy atom. The van der Waals surface area contributed by atoms with Crippen LogP contribution in [0.25, 0.3) is 0 Å². The molecule has 182 valence electrons. The lowest BCUT2D eigenvalue weighted by Gasteiger charge is -2.35. The fourth-order valence-corrected chi connectivity index (χ4v) is 3.89. The largest absolute Gasteiger partial charge is 0.491 e. The van der Waals surface area contributed by atoms with Crippen LogP contribution < -0.4 is 10.1 Å². The van der Waals surface area contributed by atoms with Crippen LogP contribution in [0, 0.1) is 5.92 Å². The van der Waals surface area contributed by atoms with Gasteiger partial charge in [0.05, 0.1) is 23.9 Å². The first-order valence-electron chi connectivity index (χ1n) is 11.1. The van der Waals surface area contributed by atoms with Gasteiger partial charge in [0.1, 0.15) is 18.1 Å². The molecule has 0 saturated carbocycles. The zero-order chi connectivity index (χ0) is 24.8. The first-order chi connectivity index (χ1) is 16.2. The minimum atomic E-state index is -0.348. The molecular formula is C24H31N5O5. The number of carbonyl (C=O) groups is 3. The Balaban J connectivity index is 2.00. The molecule has 10 nitrogen and oxygen atoms in total. The summed E-state index contributed by atoms with van der Waals surface area (Å²) in [7, 11) is 3.30. The van der Waals surface area contributed by atoms with Crippen molar-refractivity contribution < 1.29 is 23.9 Å². The molecule has 3 atom stereocenters. The molecule has 0 unspecified atom stereocenters. The zero-order valence-corrected chi connectivity index (χ0v) is 20.1. The number of rotatable bonds is 3. The number of fused-ring (bicyclic) bond motifs is 1. The number of nitrogens with zero attached hydrogens (tertiary/aromatic N) is 4. The minimum Gasteiger partial charge on any atom is -0.491 e. The second-order valence-corrected chi connectivity index (χ2v) is 8.54. The van der Waals surface area contributed by atoms with E-state index < -0.39 is 0 Å². The number of amides is 3. The van der Waals surface area contributed by atoms with Crippen LogP contribution >= 0.6 is 0 Å². The highest BCUT2D eigenvalue weighted by molar-refractivity contribution is 5.98. The predicted octanol–water partition coefficient (Wildman–Crippen LogP) is 2.08. The standard InChI is InChI=1S/C24H31N5O5/c1-15-12-29(24(32)20-11-25-8-9-26-20)16(2)14-34-21-10-18(27-17(3)30)6-7-19(21)23(31)28(4)13-22(15)33-5/h6-11,15-16,22H,12-14H2,1-5H3,(H,27,30)/t15-,16-,22+/m0/s1. The molecule has 1 aromatic carbocycles. The molecule has 34 heavy (non-hydrogen) atoms. The van der Waals surface area contributed by atoms with Crippen molar-refractivity contribution in [3.05, 3.63) is 48.0 Å². The molecule has 3 amide bonds. The average Bonchev–Trinajstić information content (AvgIpc) is 2.82. The van der Waals surface area contributed by atoms with E-state index in [2.05, 4.69) is 15.3 Å². The van der Waals surface area contributed by atoms with Crippen LogP contribution in [-0.2, 0) is 9.53 Å². The molecule has 0 saturated heterocycles. The first kappa shape index (κ1) is 25.1. The summed E-state index contributed by atoms with van der Waals surface area (Å²) < 4.78 is 11.8. The number of hydrogen-bond acceptors (Lipinski definition) is 7. The molecule has 1 aliphatic heterocycles. The van der Waals surface area contributed by atoms with Crippen molar-refractivity contribution in [3.63, 3.8) is 0 Å². The van der Waals surface area contributed by atoms with Crippen molar-refractivity contribution >= 4 is 23.4 Å². The second-order valence-electron chi connectivity index (χ2n) is 8.54. The van der Waals surface area contributed by atoms with Gasteiger partial charge in [0.2, 0.25) is 5.91 Å². The maximum Gasteiger partial charge on any atom is 0.274 e. The van der Waals surface area contributed by atoms with Crippen LogP contribution in [0.15, 0.2) is 36.8 Å². The average molecular weight is 470 g/mol. The summed E-state index contributed by atoms with van der Waals surface area (Å²) in [6, 6.07) is 4.56. The SMILES string of the molecule is CO[C@@H]1CN(C)C(=O)c2ccc(NC(C)=O)cc2OC[C@H](C)N(C(=O)c2cnccn2)C[C@@H]1C. The molecular weight excluding hydrogens is 438 g/mol. The van der Waals surface area contributed by atoms with Crippen molar-refractivity contribution in [1.29, 1.82) is 0 Å². The third-order valence-corrected chi connectivity index (χ3v) is 5.81. The maximum atomic E-state index is 13.3. The van der Waals surface area contributed by atoms with E-state index in [1.807, 2.05) is 13.8 Å². The van der Waals surface area contributed by atoms with E-state index in [9.17, 15) is 14.4 Å². The molecule has 3 rings (SSSR count). The van der Waals surface area contributed by atoms with E-state index in [-0.39, 0.29) is 48.1 Å². The van der Waals surface area contributed by atoms with Gasteiger partial charge in [-0.05, 0) is 19.1 Å². The van der Waals surface area contributed by atoms with Crippen molar-refractivity contribution in [3.8, 4) is 5.75 Å². The Morgan fingerprint density at radius 2 is 1.97 bits per heavy atom. The fraction of sp³-hybridized carbons (Fsp3) is 0.458. The number of methoxy groups -OCH3 is 1. The van der Waals surface area contributed by atoms with E-state index in [0.717, 1.165) is 0 Å². The molecule has 1 aliphatic rings. The summed E-state index contributed by atoms with van der Waals surface area (Å²) >= 11 is 0. The minimum absolute atomic E-state index is 0.0793. The second kappa shape index (κ2) is 11.1. The normalized spacial score (nSPS) is 21.6. The van der Waals surface area contributed by atoms with Crippen LogP contribution in [0.5, 0.6) is 5.75 Å². The molecule has 2 heterocycles. The van der Waals surface area contributed by atoms with Gasteiger partial charge in [-0.2, -0.15) is 0 Å². The molecule has 0 aliphatic carbocycles. The molecule has 0 spiro atoms. The first-order valence-corrected chi connectivity index (χ1v) is 11.1. The highest BCUT2D eigenvalue weighted by atomic mass is 16.5. The lowest BCUT2D eigenvalue weighted by atomic mass is 10.0. The zero-order valence-electron chi connectivity index (χ0n) is 20.1. The number of hydrogen-bond donors (Lipinski definition) is 1. The van der Waals surface area contributed by atoms with Crippen molar-refractivity contribution in [2.75, 3.05) is 39.2 Å². The van der Waals surface area contributed by atoms with Gasteiger partial charge in [-0.15, -0.1) is 0 Å². The lowest BCUT2D eigenvalue weighted by Crippen LogP contribution is -2.48. The van der Waals surface area contributed by atoms with Crippen LogP contribution in [0.3, 0.4) is 0 Å². The molecule has 0 radical (unpaired) electrons. The van der Waals surface area contributed by atoms with E-state index in [0.29, 0.717) is 30.1 Å². The third kappa shape index (κ3) is 5.88. The number of likely N-dealkylation sites (N-methyl/N-ethyl adjacent to an activating group) is 1. The number of ether oxygens (including phenoxy) is 2. The van der Waals surface area contributed by atoms with Crippen LogP contribution in [0.4, 0.5) is 5.69 Å². The number of anilines is 1. The molecule has 1 aromatic heterocycles. The quantitative estimate of drug-likeness (QED) is 0.732. The summed E-state index contributed by atoms with van der Waals surface area (Å²) in [5, 5.41) is 2.71. The Kier molecular flexibility index (Phi) is 8.17. The maximum absolute atomic E-state index is 13.3. The van der Waals surface area contributed by atoms with Crippen LogP contribution in [0.2, 0.25) is 0 Å². The molecule has 0 fully saturated rings. The summed E-state index contributed by atoms with van der Waals surface area (Å²) in [4.78, 5) is 49.5. The van der Waals surface area contributed by atoms with Crippen LogP contribution in [-0.4, -0.2) is 83.5 Å². The summed E-state index contributed by atoms with van der Waals surface area (Å²) in [6.45, 7) is 6.09. The van der Waals surface area contributed by atoms with Gasteiger partial charge in [-0.25, -0.2) is 4.98 Å². The molecule has 10 heteroatoms. The van der Waals surface area contributed by atoms with E-state index >= 15 is 0 Å². The van der Waals surface area contributed by atoms with Gasteiger partial charge >= 0.3 is 0 Å². The van der Waals surface area contributed by atoms with Gasteiger partial charge in [-0.3, -0.25) is 19.4 Å². The van der Waals surface area contributed by atoms with Crippen LogP contribution in [0.1, 0.15) is 41.6 Å². The van der Waals surface area contributed by atoms with E-state index in [1.165, 1.54) is 25.5 Å². The Morgan fingerprint density at radius 3 is 2.62 bits per heavy atom. The Hall–Kier alpha value is -3.53. The molecule has 2 aromatic rings. The van der Waals surface area contributed by atoms with Crippen molar-refractivity contribution in [2.45, 2.75) is 32.9 Å². The van der Waals surface area contributed by atoms with Crippen molar-refractivity contribution in [2.24, 2.45) is 5.92 Å². The number of benzene rings is 1. The molecule has 1 N–H and O–H groups in total. The predicted molar refractivity (Wildman–Crippen MR) is 126 cm³/mol. The highest BCUT2D eigenvalue weighted by Crippen LogP contribution is 2.27. The van der Waals surface area contributed by atoms with Gasteiger partial charge in [0.25, 0.3) is 11.8 Å². The monoisotopic (exact) mass is 469 g/mol. The highest BCUT2D eigenvalue weighted by Gasteiger charge is 2.31. The topological polar surface area (TPSA) is 114 Å². The summed E-state index contributed by atoms with van der Waals surface area (Å²) in [5.74, 6) is -0.477. The number of nitrogens with one attached hydrogen (secondary N) is 1. The fourth-order valence-electron chi connectivity index (χ4n) is 3.89. The van der Waals surface area contributed by atoms with Gasteiger partial charge < -0.3 is 24.6 Å². The Labute approximate surface area is 199 Å². The number of aromatic nitrogens is 2. The van der Waals surface area contributed by atoms with E-state index in [1.54, 1.807) is 42.2 Å². The number of carbonyl (C=O) groups excluding carboxylic acids is 3.